The molecule has 0 unspecified atom stereocenters. The van der Waals surface area contributed by atoms with Gasteiger partial charge in [0.2, 0.25) is 0 Å². The number of nitriles is 1. The van der Waals surface area contributed by atoms with Gasteiger partial charge in [0, 0.05) is 13.6 Å². The monoisotopic (exact) mass is 244 g/mol. The molecular weight excluding hydrogens is 224 g/mol. The number of carbonyl (C=O) groups excluding carboxylic acids is 1. The fraction of sp³-hybridized carbons (Fsp3) is 0.467. The minimum absolute atomic E-state index is 0.123. The van der Waals surface area contributed by atoms with E-state index in [1.54, 1.807) is 13.1 Å². The van der Waals surface area contributed by atoms with Gasteiger partial charge in [0.05, 0.1) is 0 Å². The van der Waals surface area contributed by atoms with Gasteiger partial charge in [-0.3, -0.25) is 4.79 Å². The molecule has 0 aliphatic carbocycles. The third kappa shape index (κ3) is 3.33. The van der Waals surface area contributed by atoms with E-state index in [-0.39, 0.29) is 5.41 Å². The molecule has 18 heavy (non-hydrogen) atoms. The first-order valence-electron chi connectivity index (χ1n) is 6.01. The van der Waals surface area contributed by atoms with Crippen LogP contribution in [0.25, 0.3) is 0 Å². The standard InChI is InChI=1S/C15H20N2O/c1-11-8-13(15(2,3)4)7-6-12(11)10-17(5)14(18)9-16/h6-8H,10H2,1-5H3. The Balaban J connectivity index is 2.94. The van der Waals surface area contributed by atoms with Crippen LogP contribution in [0.3, 0.4) is 0 Å². The van der Waals surface area contributed by atoms with Crippen molar-refractivity contribution in [1.82, 2.24) is 4.90 Å². The van der Waals surface area contributed by atoms with Crippen molar-refractivity contribution in [3.05, 3.63) is 34.9 Å². The highest BCUT2D eigenvalue weighted by molar-refractivity contribution is 5.90. The first-order valence-corrected chi connectivity index (χ1v) is 6.01. The van der Waals surface area contributed by atoms with Crippen LogP contribution < -0.4 is 0 Å². The van der Waals surface area contributed by atoms with E-state index in [1.165, 1.54) is 10.5 Å². The number of amides is 1. The van der Waals surface area contributed by atoms with Crippen molar-refractivity contribution in [3.63, 3.8) is 0 Å². The summed E-state index contributed by atoms with van der Waals surface area (Å²) in [5, 5.41) is 8.56. The summed E-state index contributed by atoms with van der Waals surface area (Å²) in [5.74, 6) is -0.505. The second kappa shape index (κ2) is 5.22. The number of benzene rings is 1. The normalized spacial score (nSPS) is 10.9. The maximum atomic E-state index is 11.2. The van der Waals surface area contributed by atoms with Gasteiger partial charge in [-0.25, -0.2) is 0 Å². The van der Waals surface area contributed by atoms with E-state index in [1.807, 2.05) is 13.0 Å². The lowest BCUT2D eigenvalue weighted by Gasteiger charge is -2.21. The number of hydrogen-bond donors (Lipinski definition) is 0. The summed E-state index contributed by atoms with van der Waals surface area (Å²) in [6.45, 7) is 9.03. The Morgan fingerprint density at radius 3 is 2.44 bits per heavy atom. The van der Waals surface area contributed by atoms with Crippen LogP contribution in [0, 0.1) is 18.3 Å². The summed E-state index contributed by atoms with van der Waals surface area (Å²) in [4.78, 5) is 12.6. The van der Waals surface area contributed by atoms with Gasteiger partial charge in [0.25, 0.3) is 0 Å². The van der Waals surface area contributed by atoms with Crippen LogP contribution in [-0.2, 0) is 16.8 Å². The summed E-state index contributed by atoms with van der Waals surface area (Å²) in [6, 6.07) is 7.91. The number of rotatable bonds is 2. The van der Waals surface area contributed by atoms with Gasteiger partial charge in [-0.05, 0) is 29.0 Å². The van der Waals surface area contributed by atoms with E-state index in [9.17, 15) is 4.79 Å². The minimum Gasteiger partial charge on any atom is -0.329 e. The summed E-state index contributed by atoms with van der Waals surface area (Å²) in [5.41, 5.74) is 3.63. The molecule has 1 amide bonds. The largest absolute Gasteiger partial charge is 0.329 e. The highest BCUT2D eigenvalue weighted by Gasteiger charge is 2.15. The SMILES string of the molecule is Cc1cc(C(C)(C)C)ccc1CN(C)C(=O)C#N. The average Bonchev–Trinajstić information content (AvgIpc) is 2.29. The molecule has 1 aromatic carbocycles. The van der Waals surface area contributed by atoms with E-state index >= 15 is 0 Å². The Labute approximate surface area is 109 Å². The lowest BCUT2D eigenvalue weighted by Crippen LogP contribution is -2.25. The Morgan fingerprint density at radius 2 is 2.00 bits per heavy atom. The number of hydrogen-bond acceptors (Lipinski definition) is 2. The molecule has 3 heteroatoms. The van der Waals surface area contributed by atoms with Gasteiger partial charge in [-0.2, -0.15) is 5.26 Å². The second-order valence-corrected chi connectivity index (χ2v) is 5.66. The third-order valence-electron chi connectivity index (χ3n) is 3.06. The molecule has 0 aliphatic heterocycles. The van der Waals surface area contributed by atoms with Crippen LogP contribution in [0.1, 0.15) is 37.5 Å². The van der Waals surface area contributed by atoms with E-state index in [0.29, 0.717) is 6.54 Å². The first kappa shape index (κ1) is 14.2. The highest BCUT2D eigenvalue weighted by Crippen LogP contribution is 2.24. The maximum Gasteiger partial charge on any atom is 0.325 e. The average molecular weight is 244 g/mol. The minimum atomic E-state index is -0.505. The van der Waals surface area contributed by atoms with Gasteiger partial charge in [0.1, 0.15) is 0 Å². The van der Waals surface area contributed by atoms with Gasteiger partial charge in [-0.15, -0.1) is 0 Å². The summed E-state index contributed by atoms with van der Waals surface area (Å²) in [7, 11) is 1.64. The molecule has 1 aromatic rings. The number of aryl methyl sites for hydroxylation is 1. The Kier molecular flexibility index (Phi) is 4.13. The van der Waals surface area contributed by atoms with Crippen LogP contribution >= 0.6 is 0 Å². The fourth-order valence-electron chi connectivity index (χ4n) is 1.75. The summed E-state index contributed by atoms with van der Waals surface area (Å²) in [6.07, 6.45) is 0. The van der Waals surface area contributed by atoms with Crippen molar-refractivity contribution in [3.8, 4) is 6.07 Å². The fourth-order valence-corrected chi connectivity index (χ4v) is 1.75. The van der Waals surface area contributed by atoms with Crippen molar-refractivity contribution >= 4 is 5.91 Å². The van der Waals surface area contributed by atoms with Crippen LogP contribution in [0.15, 0.2) is 18.2 Å². The van der Waals surface area contributed by atoms with Crippen LogP contribution in [0.5, 0.6) is 0 Å². The lowest BCUT2D eigenvalue weighted by atomic mass is 9.85. The molecule has 0 radical (unpaired) electrons. The quantitative estimate of drug-likeness (QED) is 0.751. The Hall–Kier alpha value is -1.82. The molecule has 1 rings (SSSR count). The van der Waals surface area contributed by atoms with Crippen molar-refractivity contribution in [2.75, 3.05) is 7.05 Å². The molecule has 0 atom stereocenters. The zero-order valence-electron chi connectivity index (χ0n) is 11.7. The molecule has 0 N–H and O–H groups in total. The topological polar surface area (TPSA) is 44.1 Å². The highest BCUT2D eigenvalue weighted by atomic mass is 16.2. The Morgan fingerprint density at radius 1 is 1.39 bits per heavy atom. The molecule has 0 saturated carbocycles. The molecule has 0 fully saturated rings. The number of nitrogens with zero attached hydrogens (tertiary/aromatic N) is 2. The van der Waals surface area contributed by atoms with Gasteiger partial charge in [0.15, 0.2) is 6.07 Å². The molecule has 0 heterocycles. The molecule has 0 spiro atoms. The van der Waals surface area contributed by atoms with Gasteiger partial charge >= 0.3 is 5.91 Å². The summed E-state index contributed by atoms with van der Waals surface area (Å²) >= 11 is 0. The Bertz CT molecular complexity index is 492. The molecular formula is C15H20N2O. The van der Waals surface area contributed by atoms with Gasteiger partial charge in [-0.1, -0.05) is 39.0 Å². The third-order valence-corrected chi connectivity index (χ3v) is 3.06. The van der Waals surface area contributed by atoms with E-state index in [4.69, 9.17) is 5.26 Å². The number of carbonyl (C=O) groups is 1. The zero-order valence-corrected chi connectivity index (χ0v) is 11.7. The van der Waals surface area contributed by atoms with Crippen molar-refractivity contribution in [2.45, 2.75) is 39.7 Å². The maximum absolute atomic E-state index is 11.2. The summed E-state index contributed by atoms with van der Waals surface area (Å²) < 4.78 is 0. The van der Waals surface area contributed by atoms with Crippen molar-refractivity contribution in [2.24, 2.45) is 0 Å². The van der Waals surface area contributed by atoms with E-state index in [2.05, 4.69) is 32.9 Å². The van der Waals surface area contributed by atoms with E-state index in [0.717, 1.165) is 11.1 Å². The molecule has 3 nitrogen and oxygen atoms in total. The predicted octanol–water partition coefficient (Wildman–Crippen LogP) is 2.77. The van der Waals surface area contributed by atoms with Crippen LogP contribution in [0.2, 0.25) is 0 Å². The first-order chi connectivity index (χ1) is 8.25. The molecule has 0 saturated heterocycles. The van der Waals surface area contributed by atoms with Crippen molar-refractivity contribution < 1.29 is 4.79 Å². The second-order valence-electron chi connectivity index (χ2n) is 5.66. The zero-order chi connectivity index (χ0) is 13.9. The predicted molar refractivity (Wildman–Crippen MR) is 72.0 cm³/mol. The molecule has 0 aromatic heterocycles. The van der Waals surface area contributed by atoms with Gasteiger partial charge < -0.3 is 4.90 Å². The smallest absolute Gasteiger partial charge is 0.325 e. The lowest BCUT2D eigenvalue weighted by molar-refractivity contribution is -0.124. The molecule has 0 bridgehead atoms. The van der Waals surface area contributed by atoms with E-state index < -0.39 is 5.91 Å². The van der Waals surface area contributed by atoms with Crippen molar-refractivity contribution in [1.29, 1.82) is 5.26 Å². The van der Waals surface area contributed by atoms with Crippen LogP contribution in [-0.4, -0.2) is 17.9 Å². The molecule has 96 valence electrons. The van der Waals surface area contributed by atoms with Crippen LogP contribution in [0.4, 0.5) is 0 Å². The molecule has 0 aliphatic rings.